The van der Waals surface area contributed by atoms with E-state index < -0.39 is 5.82 Å². The van der Waals surface area contributed by atoms with Crippen LogP contribution in [-0.4, -0.2) is 48.1 Å². The van der Waals surface area contributed by atoms with Crippen LogP contribution in [0, 0.1) is 5.82 Å². The van der Waals surface area contributed by atoms with Gasteiger partial charge in [0.05, 0.1) is 11.2 Å². The van der Waals surface area contributed by atoms with Crippen molar-refractivity contribution >= 4 is 23.7 Å². The Morgan fingerprint density at radius 2 is 1.48 bits per heavy atom. The largest absolute Gasteiger partial charge is 0.297 e. The number of rotatable bonds is 7. The van der Waals surface area contributed by atoms with Crippen molar-refractivity contribution in [3.63, 3.8) is 0 Å². The summed E-state index contributed by atoms with van der Waals surface area (Å²) in [4.78, 5) is 17.2. The molecule has 0 saturated carbocycles. The van der Waals surface area contributed by atoms with Gasteiger partial charge in [-0.2, -0.15) is 5.10 Å². The Kier molecular flexibility index (Phi) is 7.83. The highest BCUT2D eigenvalue weighted by Crippen LogP contribution is 2.16. The van der Waals surface area contributed by atoms with Gasteiger partial charge < -0.3 is 0 Å². The molecule has 0 aliphatic carbocycles. The van der Waals surface area contributed by atoms with Crippen LogP contribution in [0.4, 0.5) is 4.39 Å². The molecule has 0 radical (unpaired) electrons. The second kappa shape index (κ2) is 11.2. The maximum atomic E-state index is 13.8. The lowest BCUT2D eigenvalue weighted by atomic mass is 10.1. The third-order valence-corrected chi connectivity index (χ3v) is 6.03. The summed E-state index contributed by atoms with van der Waals surface area (Å²) in [6.07, 6.45) is 1.21. The minimum absolute atomic E-state index is 0.138. The minimum atomic E-state index is -0.495. The summed E-state index contributed by atoms with van der Waals surface area (Å²) in [7, 11) is 0. The number of nitrogens with zero attached hydrogens (tertiary/aromatic N) is 3. The number of carbonyl (C=O) groups excluding carboxylic acids is 1. The van der Waals surface area contributed by atoms with Crippen molar-refractivity contribution in [2.24, 2.45) is 5.10 Å². The fraction of sp³-hybridized carbons (Fsp3) is 0.231. The first-order valence-electron chi connectivity index (χ1n) is 10.9. The quantitative estimate of drug-likeness (QED) is 0.412. The molecular formula is C26H26ClFN4O. The van der Waals surface area contributed by atoms with Crippen LogP contribution in [0.2, 0.25) is 5.02 Å². The summed E-state index contributed by atoms with van der Waals surface area (Å²) in [6.45, 7) is 5.96. The van der Waals surface area contributed by atoms with Crippen LogP contribution < -0.4 is 5.43 Å². The van der Waals surface area contributed by atoms with E-state index in [1.54, 1.807) is 18.2 Å². The van der Waals surface area contributed by atoms with Gasteiger partial charge in [0.2, 0.25) is 0 Å². The molecule has 0 atom stereocenters. The first-order valence-corrected chi connectivity index (χ1v) is 11.3. The summed E-state index contributed by atoms with van der Waals surface area (Å²) in [5.41, 5.74) is 5.55. The van der Waals surface area contributed by atoms with Gasteiger partial charge in [-0.3, -0.25) is 14.6 Å². The van der Waals surface area contributed by atoms with Crippen LogP contribution in [0.5, 0.6) is 0 Å². The van der Waals surface area contributed by atoms with E-state index in [-0.39, 0.29) is 16.5 Å². The molecule has 1 fully saturated rings. The normalized spacial score (nSPS) is 15.1. The summed E-state index contributed by atoms with van der Waals surface area (Å²) >= 11 is 5.95. The molecule has 0 aromatic heterocycles. The lowest BCUT2D eigenvalue weighted by Crippen LogP contribution is -2.45. The lowest BCUT2D eigenvalue weighted by molar-refractivity contribution is 0.0955. The summed E-state index contributed by atoms with van der Waals surface area (Å²) in [5, 5.41) is 4.07. The first kappa shape index (κ1) is 23.1. The number of hydrazone groups is 1. The molecule has 4 rings (SSSR count). The molecule has 3 aromatic rings. The van der Waals surface area contributed by atoms with Gasteiger partial charge in [0.15, 0.2) is 0 Å². The average molecular weight is 465 g/mol. The van der Waals surface area contributed by atoms with Gasteiger partial charge in [0.1, 0.15) is 5.82 Å². The van der Waals surface area contributed by atoms with Crippen LogP contribution in [-0.2, 0) is 13.1 Å². The summed E-state index contributed by atoms with van der Waals surface area (Å²) in [6, 6.07) is 22.4. The highest BCUT2D eigenvalue weighted by molar-refractivity contribution is 6.33. The number of hydrogen-bond acceptors (Lipinski definition) is 4. The van der Waals surface area contributed by atoms with Gasteiger partial charge in [-0.25, -0.2) is 9.82 Å². The van der Waals surface area contributed by atoms with Crippen molar-refractivity contribution in [1.82, 2.24) is 15.2 Å². The van der Waals surface area contributed by atoms with E-state index >= 15 is 0 Å². The highest BCUT2D eigenvalue weighted by atomic mass is 35.5. The van der Waals surface area contributed by atoms with E-state index in [1.165, 1.54) is 23.9 Å². The molecule has 1 N–H and O–H groups in total. The molecule has 1 heterocycles. The van der Waals surface area contributed by atoms with Crippen LogP contribution in [0.15, 0.2) is 77.9 Å². The Balaban J connectivity index is 1.24. The Hall–Kier alpha value is -3.06. The van der Waals surface area contributed by atoms with Crippen LogP contribution in [0.25, 0.3) is 0 Å². The smallest absolute Gasteiger partial charge is 0.271 e. The SMILES string of the molecule is O=C(N/N=C\c1c(F)cccc1Cl)c1ccc(CN2CCN(Cc3ccccc3)CC2)cc1. The number of halogens is 2. The summed E-state index contributed by atoms with van der Waals surface area (Å²) in [5.74, 6) is -0.856. The van der Waals surface area contributed by atoms with Crippen molar-refractivity contribution in [1.29, 1.82) is 0 Å². The van der Waals surface area contributed by atoms with E-state index in [0.717, 1.165) is 44.8 Å². The molecule has 0 spiro atoms. The maximum absolute atomic E-state index is 13.8. The zero-order valence-electron chi connectivity index (χ0n) is 18.3. The van der Waals surface area contributed by atoms with Crippen molar-refractivity contribution < 1.29 is 9.18 Å². The minimum Gasteiger partial charge on any atom is -0.297 e. The van der Waals surface area contributed by atoms with Gasteiger partial charge in [0, 0.05) is 50.4 Å². The highest BCUT2D eigenvalue weighted by Gasteiger charge is 2.17. The molecule has 170 valence electrons. The van der Waals surface area contributed by atoms with E-state index in [9.17, 15) is 9.18 Å². The summed E-state index contributed by atoms with van der Waals surface area (Å²) < 4.78 is 13.8. The van der Waals surface area contributed by atoms with Crippen molar-refractivity contribution in [2.45, 2.75) is 13.1 Å². The Bertz CT molecular complexity index is 1080. The molecule has 3 aromatic carbocycles. The third-order valence-electron chi connectivity index (χ3n) is 5.70. The van der Waals surface area contributed by atoms with Crippen molar-refractivity contribution in [3.8, 4) is 0 Å². The van der Waals surface area contributed by atoms with Gasteiger partial charge in [-0.1, -0.05) is 60.1 Å². The number of hydrogen-bond donors (Lipinski definition) is 1. The van der Waals surface area contributed by atoms with Crippen molar-refractivity contribution in [2.75, 3.05) is 26.2 Å². The number of piperazine rings is 1. The van der Waals surface area contributed by atoms with E-state index in [4.69, 9.17) is 11.6 Å². The molecule has 0 unspecified atom stereocenters. The topological polar surface area (TPSA) is 47.9 Å². The van der Waals surface area contributed by atoms with Gasteiger partial charge >= 0.3 is 0 Å². The second-order valence-corrected chi connectivity index (χ2v) is 8.48. The Morgan fingerprint density at radius 1 is 0.879 bits per heavy atom. The average Bonchev–Trinajstić information content (AvgIpc) is 2.83. The number of benzene rings is 3. The molecule has 1 aliphatic heterocycles. The standard InChI is InChI=1S/C26H26ClFN4O/c27-24-7-4-8-25(28)23(24)17-29-30-26(33)22-11-9-21(10-12-22)19-32-15-13-31(14-16-32)18-20-5-2-1-3-6-20/h1-12,17H,13-16,18-19H2,(H,30,33)/b29-17-. The number of amides is 1. The fourth-order valence-corrected chi connectivity index (χ4v) is 4.03. The van der Waals surface area contributed by atoms with Crippen LogP contribution >= 0.6 is 11.6 Å². The fourth-order valence-electron chi connectivity index (χ4n) is 3.82. The monoisotopic (exact) mass is 464 g/mol. The zero-order valence-corrected chi connectivity index (χ0v) is 19.0. The zero-order chi connectivity index (χ0) is 23.0. The molecule has 1 amide bonds. The second-order valence-electron chi connectivity index (χ2n) is 8.07. The molecule has 33 heavy (non-hydrogen) atoms. The first-order chi connectivity index (χ1) is 16.1. The third kappa shape index (κ3) is 6.48. The molecule has 1 aliphatic rings. The molecule has 7 heteroatoms. The Labute approximate surface area is 198 Å². The van der Waals surface area contributed by atoms with Gasteiger partial charge in [-0.05, 0) is 35.4 Å². The van der Waals surface area contributed by atoms with E-state index in [2.05, 4.69) is 44.6 Å². The van der Waals surface area contributed by atoms with Gasteiger partial charge in [-0.15, -0.1) is 0 Å². The maximum Gasteiger partial charge on any atom is 0.271 e. The predicted molar refractivity (Wildman–Crippen MR) is 130 cm³/mol. The number of nitrogens with one attached hydrogen (secondary N) is 1. The van der Waals surface area contributed by atoms with E-state index in [0.29, 0.717) is 5.56 Å². The van der Waals surface area contributed by atoms with E-state index in [1.807, 2.05) is 18.2 Å². The van der Waals surface area contributed by atoms with Crippen LogP contribution in [0.1, 0.15) is 27.0 Å². The van der Waals surface area contributed by atoms with Gasteiger partial charge in [0.25, 0.3) is 5.91 Å². The van der Waals surface area contributed by atoms with Crippen LogP contribution in [0.3, 0.4) is 0 Å². The molecular weight excluding hydrogens is 439 g/mol. The Morgan fingerprint density at radius 3 is 2.09 bits per heavy atom. The lowest BCUT2D eigenvalue weighted by Gasteiger charge is -2.34. The molecule has 0 bridgehead atoms. The molecule has 1 saturated heterocycles. The molecule has 5 nitrogen and oxygen atoms in total. The predicted octanol–water partition coefficient (Wildman–Crippen LogP) is 4.56. The van der Waals surface area contributed by atoms with Crippen molar-refractivity contribution in [3.05, 3.63) is 106 Å². The number of carbonyl (C=O) groups is 1.